The topological polar surface area (TPSA) is 91.5 Å². The number of aliphatic hydroxyl groups excluding tert-OH is 1. The molecule has 0 aliphatic rings. The quantitative estimate of drug-likeness (QED) is 0.719. The first-order valence-electron chi connectivity index (χ1n) is 7.49. The van der Waals surface area contributed by atoms with E-state index in [1.54, 1.807) is 0 Å². The van der Waals surface area contributed by atoms with E-state index in [0.29, 0.717) is 12.4 Å². The van der Waals surface area contributed by atoms with Crippen LogP contribution in [-0.4, -0.2) is 51.8 Å². The summed E-state index contributed by atoms with van der Waals surface area (Å²) in [4.78, 5) is 14.0. The summed E-state index contributed by atoms with van der Waals surface area (Å²) in [5.74, 6) is 0.408. The molecule has 0 aliphatic carbocycles. The molecule has 2 N–H and O–H groups in total. The lowest BCUT2D eigenvalue weighted by Gasteiger charge is -2.28. The van der Waals surface area contributed by atoms with E-state index in [1.165, 1.54) is 0 Å². The molecule has 0 atom stereocenters. The van der Waals surface area contributed by atoms with Gasteiger partial charge in [-0.2, -0.15) is 0 Å². The van der Waals surface area contributed by atoms with Crippen molar-refractivity contribution >= 4 is 11.9 Å². The Balaban J connectivity index is 2.60. The zero-order chi connectivity index (χ0) is 15.8. The number of carbonyl (C=O) groups excluding carboxylic acids is 1. The molecule has 0 aliphatic heterocycles. The highest BCUT2D eigenvalue weighted by molar-refractivity contribution is 5.90. The Kier molecular flexibility index (Phi) is 7.31. The number of hydrogen-bond acceptors (Lipinski definition) is 6. The van der Waals surface area contributed by atoms with Crippen molar-refractivity contribution in [3.63, 3.8) is 0 Å². The maximum atomic E-state index is 12.1. The van der Waals surface area contributed by atoms with Crippen LogP contribution in [0.5, 0.6) is 0 Å². The second-order valence-electron chi connectivity index (χ2n) is 5.31. The van der Waals surface area contributed by atoms with Gasteiger partial charge in [-0.05, 0) is 12.8 Å². The number of nitrogens with one attached hydrogen (secondary N) is 1. The van der Waals surface area contributed by atoms with Crippen LogP contribution in [0.4, 0.5) is 6.01 Å². The Morgan fingerprint density at radius 2 is 2.00 bits per heavy atom. The van der Waals surface area contributed by atoms with Gasteiger partial charge in [0.2, 0.25) is 11.8 Å². The van der Waals surface area contributed by atoms with Crippen molar-refractivity contribution in [2.75, 3.05) is 25.0 Å². The lowest BCUT2D eigenvalue weighted by atomic mass is 10.1. The Morgan fingerprint density at radius 1 is 1.33 bits per heavy atom. The highest BCUT2D eigenvalue weighted by Crippen LogP contribution is 2.15. The van der Waals surface area contributed by atoms with Gasteiger partial charge in [0, 0.05) is 18.5 Å². The molecule has 1 amide bonds. The van der Waals surface area contributed by atoms with Crippen LogP contribution in [0.25, 0.3) is 0 Å². The lowest BCUT2D eigenvalue weighted by molar-refractivity contribution is -0.118. The van der Waals surface area contributed by atoms with Crippen LogP contribution < -0.4 is 5.32 Å². The Labute approximate surface area is 125 Å². The number of hydrogen-bond donors (Lipinski definition) is 2. The monoisotopic (exact) mass is 298 g/mol. The standard InChI is InChI=1S/C14H26N4O3/c1-5-11(6-2)18(7-8-19)9-12(20)15-14-17-16-13(21-14)10(3)4/h10-11,19H,5-9H2,1-4H3,(H,15,17,20). The van der Waals surface area contributed by atoms with Crippen LogP contribution in [0.1, 0.15) is 52.3 Å². The summed E-state index contributed by atoms with van der Waals surface area (Å²) in [5, 5.41) is 19.4. The first kappa shape index (κ1) is 17.6. The maximum Gasteiger partial charge on any atom is 0.322 e. The van der Waals surface area contributed by atoms with E-state index in [9.17, 15) is 4.79 Å². The molecule has 0 aromatic carbocycles. The summed E-state index contributed by atoms with van der Waals surface area (Å²) < 4.78 is 5.35. The van der Waals surface area contributed by atoms with Gasteiger partial charge >= 0.3 is 6.01 Å². The third-order valence-electron chi connectivity index (χ3n) is 3.37. The fraction of sp³-hybridized carbons (Fsp3) is 0.786. The van der Waals surface area contributed by atoms with E-state index in [2.05, 4.69) is 29.4 Å². The molecule has 0 fully saturated rings. The SMILES string of the molecule is CCC(CC)N(CCO)CC(=O)Nc1nnc(C(C)C)o1. The summed E-state index contributed by atoms with van der Waals surface area (Å²) in [7, 11) is 0. The van der Waals surface area contributed by atoms with Crippen molar-refractivity contribution < 1.29 is 14.3 Å². The number of aliphatic hydroxyl groups is 1. The molecule has 0 radical (unpaired) electrons. The van der Waals surface area contributed by atoms with Crippen molar-refractivity contribution in [3.05, 3.63) is 5.89 Å². The fourth-order valence-corrected chi connectivity index (χ4v) is 2.19. The number of anilines is 1. The molecule has 0 saturated heterocycles. The molecule has 0 spiro atoms. The fourth-order valence-electron chi connectivity index (χ4n) is 2.19. The Bertz CT molecular complexity index is 430. The molecular formula is C14H26N4O3. The van der Waals surface area contributed by atoms with E-state index in [0.717, 1.165) is 12.8 Å². The minimum absolute atomic E-state index is 0.0296. The number of nitrogens with zero attached hydrogens (tertiary/aromatic N) is 3. The van der Waals surface area contributed by atoms with E-state index in [1.807, 2.05) is 18.7 Å². The van der Waals surface area contributed by atoms with Gasteiger partial charge in [0.05, 0.1) is 13.2 Å². The highest BCUT2D eigenvalue weighted by atomic mass is 16.4. The van der Waals surface area contributed by atoms with E-state index in [-0.39, 0.29) is 37.0 Å². The minimum Gasteiger partial charge on any atom is -0.408 e. The molecule has 0 saturated carbocycles. The molecule has 0 bridgehead atoms. The Morgan fingerprint density at radius 3 is 2.48 bits per heavy atom. The van der Waals surface area contributed by atoms with Gasteiger partial charge in [0.25, 0.3) is 0 Å². The lowest BCUT2D eigenvalue weighted by Crippen LogP contribution is -2.42. The van der Waals surface area contributed by atoms with Crippen LogP contribution in [-0.2, 0) is 4.79 Å². The molecule has 7 nitrogen and oxygen atoms in total. The number of carbonyl (C=O) groups is 1. The second-order valence-corrected chi connectivity index (χ2v) is 5.31. The zero-order valence-electron chi connectivity index (χ0n) is 13.3. The van der Waals surface area contributed by atoms with E-state index >= 15 is 0 Å². The Hall–Kier alpha value is -1.47. The third-order valence-corrected chi connectivity index (χ3v) is 3.37. The van der Waals surface area contributed by atoms with Crippen LogP contribution in [0.3, 0.4) is 0 Å². The van der Waals surface area contributed by atoms with Crippen LogP contribution in [0.2, 0.25) is 0 Å². The molecular weight excluding hydrogens is 272 g/mol. The molecule has 120 valence electrons. The normalized spacial score (nSPS) is 11.6. The van der Waals surface area contributed by atoms with Gasteiger partial charge in [0.1, 0.15) is 0 Å². The first-order valence-corrected chi connectivity index (χ1v) is 7.49. The first-order chi connectivity index (χ1) is 10.0. The average Bonchev–Trinajstić information content (AvgIpc) is 2.88. The average molecular weight is 298 g/mol. The van der Waals surface area contributed by atoms with Gasteiger partial charge in [-0.1, -0.05) is 32.8 Å². The van der Waals surface area contributed by atoms with Gasteiger partial charge in [-0.15, -0.1) is 5.10 Å². The van der Waals surface area contributed by atoms with Crippen LogP contribution in [0, 0.1) is 0 Å². The smallest absolute Gasteiger partial charge is 0.322 e. The second kappa shape index (κ2) is 8.74. The van der Waals surface area contributed by atoms with Gasteiger partial charge in [-0.3, -0.25) is 15.0 Å². The third kappa shape index (κ3) is 5.43. The molecule has 7 heteroatoms. The molecule has 1 rings (SSSR count). The highest BCUT2D eigenvalue weighted by Gasteiger charge is 2.19. The summed E-state index contributed by atoms with van der Waals surface area (Å²) >= 11 is 0. The number of rotatable bonds is 9. The summed E-state index contributed by atoms with van der Waals surface area (Å²) in [5.41, 5.74) is 0. The predicted octanol–water partition coefficient (Wildman–Crippen LogP) is 1.61. The van der Waals surface area contributed by atoms with Crippen molar-refractivity contribution in [2.24, 2.45) is 0 Å². The molecule has 1 heterocycles. The van der Waals surface area contributed by atoms with Gasteiger partial charge < -0.3 is 9.52 Å². The van der Waals surface area contributed by atoms with Crippen molar-refractivity contribution in [1.82, 2.24) is 15.1 Å². The van der Waals surface area contributed by atoms with Crippen molar-refractivity contribution in [1.29, 1.82) is 0 Å². The predicted molar refractivity (Wildman–Crippen MR) is 80.0 cm³/mol. The molecule has 0 unspecified atom stereocenters. The largest absolute Gasteiger partial charge is 0.408 e. The molecule has 21 heavy (non-hydrogen) atoms. The van der Waals surface area contributed by atoms with E-state index in [4.69, 9.17) is 9.52 Å². The summed E-state index contributed by atoms with van der Waals surface area (Å²) in [6, 6.07) is 0.397. The van der Waals surface area contributed by atoms with Gasteiger partial charge in [0.15, 0.2) is 0 Å². The van der Waals surface area contributed by atoms with Crippen LogP contribution >= 0.6 is 0 Å². The molecule has 1 aromatic heterocycles. The number of aromatic nitrogens is 2. The maximum absolute atomic E-state index is 12.1. The summed E-state index contributed by atoms with van der Waals surface area (Å²) in [6.45, 7) is 8.73. The van der Waals surface area contributed by atoms with E-state index < -0.39 is 0 Å². The minimum atomic E-state index is -0.214. The molecule has 1 aromatic rings. The van der Waals surface area contributed by atoms with Crippen LogP contribution in [0.15, 0.2) is 4.42 Å². The summed E-state index contributed by atoms with van der Waals surface area (Å²) in [6.07, 6.45) is 1.86. The zero-order valence-corrected chi connectivity index (χ0v) is 13.3. The van der Waals surface area contributed by atoms with Crippen molar-refractivity contribution in [3.8, 4) is 0 Å². The van der Waals surface area contributed by atoms with Gasteiger partial charge in [-0.25, -0.2) is 0 Å². The number of amides is 1. The van der Waals surface area contributed by atoms with Crippen molar-refractivity contribution in [2.45, 2.75) is 52.5 Å².